The first-order valence-corrected chi connectivity index (χ1v) is 13.0. The van der Waals surface area contributed by atoms with Crippen LogP contribution in [0.4, 0.5) is 0 Å². The fraction of sp³-hybridized carbons (Fsp3) is 0.269. The highest BCUT2D eigenvalue weighted by atomic mass is 35.5. The lowest BCUT2D eigenvalue weighted by Gasteiger charge is -2.19. The summed E-state index contributed by atoms with van der Waals surface area (Å²) in [6, 6.07) is 23.8. The number of carbonyl (C=O) groups is 1. The van der Waals surface area contributed by atoms with E-state index >= 15 is 0 Å². The molecule has 1 heterocycles. The summed E-state index contributed by atoms with van der Waals surface area (Å²) in [7, 11) is -2.27. The maximum absolute atomic E-state index is 13.1. The maximum atomic E-state index is 13.1. The molecular weight excluding hydrogens is 470 g/mol. The molecule has 1 aliphatic heterocycles. The van der Waals surface area contributed by atoms with E-state index in [1.54, 1.807) is 0 Å². The number of rotatable bonds is 8. The van der Waals surface area contributed by atoms with E-state index in [0.29, 0.717) is 0 Å². The van der Waals surface area contributed by atoms with Crippen LogP contribution in [-0.2, 0) is 23.1 Å². The predicted molar refractivity (Wildman–Crippen MR) is 134 cm³/mol. The number of hydrogen-bond donors (Lipinski definition) is 1. The van der Waals surface area contributed by atoms with E-state index in [-0.39, 0.29) is 34.0 Å². The van der Waals surface area contributed by atoms with Gasteiger partial charge in [-0.1, -0.05) is 72.3 Å². The molecule has 1 aliphatic rings. The van der Waals surface area contributed by atoms with Crippen LogP contribution in [0.2, 0.25) is 5.02 Å². The Hall–Kier alpha value is -2.71. The molecule has 6 nitrogen and oxygen atoms in total. The van der Waals surface area contributed by atoms with Gasteiger partial charge in [-0.3, -0.25) is 9.69 Å². The van der Waals surface area contributed by atoms with Gasteiger partial charge in [0.2, 0.25) is 10.0 Å². The molecule has 3 aromatic rings. The molecule has 0 bridgehead atoms. The quantitative estimate of drug-likeness (QED) is 0.507. The molecule has 178 valence electrons. The van der Waals surface area contributed by atoms with Crippen LogP contribution in [-0.4, -0.2) is 49.7 Å². The highest BCUT2D eigenvalue weighted by Crippen LogP contribution is 2.24. The number of benzene rings is 3. The number of sulfonamides is 1. The zero-order chi connectivity index (χ0) is 24.1. The van der Waals surface area contributed by atoms with Crippen LogP contribution in [0, 0.1) is 0 Å². The SMILES string of the molecule is CN(Cc1ccccc1)S(=O)(=O)c1ccc(Cl)c(C(=O)N[C@@H]2CCN(Cc3ccccc3)C2)c1. The topological polar surface area (TPSA) is 69.7 Å². The van der Waals surface area contributed by atoms with Gasteiger partial charge in [-0.25, -0.2) is 8.42 Å². The lowest BCUT2D eigenvalue weighted by Crippen LogP contribution is -2.37. The standard InChI is InChI=1S/C26H28ClN3O3S/c1-29(17-20-8-4-2-5-9-20)34(32,33)23-12-13-25(27)24(16-23)26(31)28-22-14-15-30(19-22)18-21-10-6-3-7-11-21/h2-13,16,22H,14-15,17-19H2,1H3,(H,28,31)/t22-/m1/s1. The third-order valence-electron chi connectivity index (χ3n) is 6.00. The van der Waals surface area contributed by atoms with Crippen molar-refractivity contribution < 1.29 is 13.2 Å². The molecule has 4 rings (SSSR count). The zero-order valence-electron chi connectivity index (χ0n) is 19.0. The third-order valence-corrected chi connectivity index (χ3v) is 8.12. The van der Waals surface area contributed by atoms with Crippen LogP contribution >= 0.6 is 11.6 Å². The molecule has 0 aromatic heterocycles. The first kappa shape index (κ1) is 24.4. The highest BCUT2D eigenvalue weighted by Gasteiger charge is 2.27. The Kier molecular flexibility index (Phi) is 7.68. The number of carbonyl (C=O) groups excluding carboxylic acids is 1. The Labute approximate surface area is 206 Å². The predicted octanol–water partition coefficient (Wildman–Crippen LogP) is 4.17. The number of halogens is 1. The lowest BCUT2D eigenvalue weighted by atomic mass is 10.2. The molecule has 0 spiro atoms. The highest BCUT2D eigenvalue weighted by molar-refractivity contribution is 7.89. The van der Waals surface area contributed by atoms with Gasteiger partial charge >= 0.3 is 0 Å². The lowest BCUT2D eigenvalue weighted by molar-refractivity contribution is 0.0937. The van der Waals surface area contributed by atoms with Gasteiger partial charge < -0.3 is 5.32 Å². The van der Waals surface area contributed by atoms with E-state index in [1.165, 1.54) is 35.1 Å². The van der Waals surface area contributed by atoms with Crippen molar-refractivity contribution in [2.75, 3.05) is 20.1 Å². The van der Waals surface area contributed by atoms with Gasteiger partial charge in [-0.15, -0.1) is 0 Å². The minimum absolute atomic E-state index is 0.0201. The van der Waals surface area contributed by atoms with Gasteiger partial charge in [0.1, 0.15) is 0 Å². The summed E-state index contributed by atoms with van der Waals surface area (Å²) >= 11 is 6.29. The molecule has 1 N–H and O–H groups in total. The van der Waals surface area contributed by atoms with Crippen molar-refractivity contribution >= 4 is 27.5 Å². The molecule has 8 heteroatoms. The van der Waals surface area contributed by atoms with E-state index in [2.05, 4.69) is 22.3 Å². The molecule has 1 amide bonds. The Morgan fingerprint density at radius 1 is 1.03 bits per heavy atom. The molecule has 1 saturated heterocycles. The fourth-order valence-corrected chi connectivity index (χ4v) is 5.53. The summed E-state index contributed by atoms with van der Waals surface area (Å²) in [5, 5.41) is 3.25. The Balaban J connectivity index is 1.42. The first-order chi connectivity index (χ1) is 16.3. The summed E-state index contributed by atoms with van der Waals surface area (Å²) in [6.07, 6.45) is 0.827. The van der Waals surface area contributed by atoms with Crippen molar-refractivity contribution in [2.45, 2.75) is 30.4 Å². The van der Waals surface area contributed by atoms with Gasteiger partial charge in [-0.05, 0) is 35.7 Å². The zero-order valence-corrected chi connectivity index (χ0v) is 20.6. The third kappa shape index (κ3) is 5.85. The van der Waals surface area contributed by atoms with E-state index < -0.39 is 10.0 Å². The van der Waals surface area contributed by atoms with Gasteiger partial charge in [0, 0.05) is 39.3 Å². The van der Waals surface area contributed by atoms with Crippen molar-refractivity contribution in [1.82, 2.24) is 14.5 Å². The van der Waals surface area contributed by atoms with Crippen LogP contribution in [0.3, 0.4) is 0 Å². The average molecular weight is 498 g/mol. The summed E-state index contributed by atoms with van der Waals surface area (Å²) < 4.78 is 27.5. The van der Waals surface area contributed by atoms with Crippen LogP contribution < -0.4 is 5.32 Å². The average Bonchev–Trinajstić information content (AvgIpc) is 3.27. The normalized spacial score (nSPS) is 16.6. The second-order valence-corrected chi connectivity index (χ2v) is 11.0. The minimum atomic E-state index is -3.79. The molecular formula is C26H28ClN3O3S. The Bertz CT molecular complexity index is 1240. The van der Waals surface area contributed by atoms with E-state index in [9.17, 15) is 13.2 Å². The van der Waals surface area contributed by atoms with Gasteiger partial charge in [-0.2, -0.15) is 4.31 Å². The molecule has 3 aromatic carbocycles. The van der Waals surface area contributed by atoms with Crippen LogP contribution in [0.1, 0.15) is 27.9 Å². The largest absolute Gasteiger partial charge is 0.348 e. The summed E-state index contributed by atoms with van der Waals surface area (Å²) in [6.45, 7) is 2.67. The molecule has 1 atom stereocenters. The van der Waals surface area contributed by atoms with Crippen molar-refractivity contribution in [3.05, 3.63) is 101 Å². The Morgan fingerprint density at radius 2 is 1.68 bits per heavy atom. The number of nitrogens with one attached hydrogen (secondary N) is 1. The summed E-state index contributed by atoms with van der Waals surface area (Å²) in [4.78, 5) is 15.3. The number of amides is 1. The minimum Gasteiger partial charge on any atom is -0.348 e. The van der Waals surface area contributed by atoms with Crippen molar-refractivity contribution in [2.24, 2.45) is 0 Å². The summed E-state index contributed by atoms with van der Waals surface area (Å²) in [5.74, 6) is -0.362. The molecule has 0 radical (unpaired) electrons. The maximum Gasteiger partial charge on any atom is 0.253 e. The molecule has 0 unspecified atom stereocenters. The Morgan fingerprint density at radius 3 is 2.35 bits per heavy atom. The number of hydrogen-bond acceptors (Lipinski definition) is 4. The van der Waals surface area contributed by atoms with Crippen molar-refractivity contribution in [1.29, 1.82) is 0 Å². The van der Waals surface area contributed by atoms with Gasteiger partial charge in [0.15, 0.2) is 0 Å². The van der Waals surface area contributed by atoms with Crippen molar-refractivity contribution in [3.63, 3.8) is 0 Å². The molecule has 0 aliphatic carbocycles. The molecule has 34 heavy (non-hydrogen) atoms. The van der Waals surface area contributed by atoms with Gasteiger partial charge in [0.05, 0.1) is 15.5 Å². The second-order valence-electron chi connectivity index (χ2n) is 8.57. The second kappa shape index (κ2) is 10.7. The monoisotopic (exact) mass is 497 g/mol. The molecule has 0 saturated carbocycles. The van der Waals surface area contributed by atoms with Crippen molar-refractivity contribution in [3.8, 4) is 0 Å². The van der Waals surface area contributed by atoms with Crippen LogP contribution in [0.5, 0.6) is 0 Å². The number of likely N-dealkylation sites (tertiary alicyclic amines) is 1. The van der Waals surface area contributed by atoms with Crippen LogP contribution in [0.15, 0.2) is 83.8 Å². The smallest absolute Gasteiger partial charge is 0.253 e. The first-order valence-electron chi connectivity index (χ1n) is 11.2. The molecule has 1 fully saturated rings. The van der Waals surface area contributed by atoms with E-state index in [1.807, 2.05) is 48.5 Å². The van der Waals surface area contributed by atoms with Crippen LogP contribution in [0.25, 0.3) is 0 Å². The fourth-order valence-electron chi connectivity index (χ4n) is 4.14. The van der Waals surface area contributed by atoms with Gasteiger partial charge in [0.25, 0.3) is 5.91 Å². The summed E-state index contributed by atoms with van der Waals surface area (Å²) in [5.41, 5.74) is 2.27. The van der Waals surface area contributed by atoms with E-state index in [0.717, 1.165) is 31.6 Å². The number of nitrogens with zero attached hydrogens (tertiary/aromatic N) is 2. The van der Waals surface area contributed by atoms with E-state index in [4.69, 9.17) is 11.6 Å².